The zero-order valence-corrected chi connectivity index (χ0v) is 19.9. The van der Waals surface area contributed by atoms with Gasteiger partial charge in [-0.25, -0.2) is 28.1 Å². The van der Waals surface area contributed by atoms with Crippen molar-refractivity contribution in [3.63, 3.8) is 0 Å². The quantitative estimate of drug-likeness (QED) is 0.432. The maximum atomic E-state index is 14.5. The summed E-state index contributed by atoms with van der Waals surface area (Å²) in [5.74, 6) is -5.36. The first-order valence-electron chi connectivity index (χ1n) is 10.9. The van der Waals surface area contributed by atoms with Crippen LogP contribution >= 0.6 is 11.3 Å². The number of hydrogen-bond acceptors (Lipinski definition) is 6. The molecule has 1 aliphatic heterocycles. The van der Waals surface area contributed by atoms with Crippen LogP contribution in [0.4, 0.5) is 32.3 Å². The Morgan fingerprint density at radius 1 is 1.22 bits per heavy atom. The van der Waals surface area contributed by atoms with Gasteiger partial charge >= 0.3 is 6.18 Å². The van der Waals surface area contributed by atoms with E-state index in [1.54, 1.807) is 19.9 Å². The Morgan fingerprint density at radius 3 is 2.53 bits per heavy atom. The second-order valence-electron chi connectivity index (χ2n) is 8.60. The van der Waals surface area contributed by atoms with Crippen molar-refractivity contribution in [1.29, 1.82) is 0 Å². The molecule has 1 saturated heterocycles. The van der Waals surface area contributed by atoms with Crippen molar-refractivity contribution >= 4 is 23.2 Å². The highest BCUT2D eigenvalue weighted by Gasteiger charge is 2.47. The van der Waals surface area contributed by atoms with Crippen molar-refractivity contribution in [2.45, 2.75) is 38.4 Å². The lowest BCUT2D eigenvalue weighted by molar-refractivity contribution is -0.138. The van der Waals surface area contributed by atoms with Crippen LogP contribution in [-0.2, 0) is 6.18 Å². The summed E-state index contributed by atoms with van der Waals surface area (Å²) < 4.78 is 81.8. The normalized spacial score (nSPS) is 19.8. The minimum absolute atomic E-state index is 0.0908. The van der Waals surface area contributed by atoms with Crippen molar-refractivity contribution in [2.24, 2.45) is 5.92 Å². The van der Waals surface area contributed by atoms with Crippen LogP contribution in [0.2, 0.25) is 0 Å². The summed E-state index contributed by atoms with van der Waals surface area (Å²) in [5, 5.41) is 3.20. The lowest BCUT2D eigenvalue weighted by Crippen LogP contribution is -2.57. The van der Waals surface area contributed by atoms with Crippen LogP contribution in [0.3, 0.4) is 0 Å². The minimum atomic E-state index is -4.60. The van der Waals surface area contributed by atoms with E-state index in [0.29, 0.717) is 17.4 Å². The Morgan fingerprint density at radius 2 is 1.89 bits per heavy atom. The number of piperidine rings is 1. The monoisotopic (exact) mass is 529 g/mol. The summed E-state index contributed by atoms with van der Waals surface area (Å²) in [6.07, 6.45) is -3.88. The number of anilines is 1. The molecule has 1 fully saturated rings. The number of amides is 1. The Hall–Kier alpha value is -3.22. The molecular weight excluding hydrogens is 508 g/mol. The van der Waals surface area contributed by atoms with Crippen LogP contribution in [0.15, 0.2) is 36.7 Å². The predicted molar refractivity (Wildman–Crippen MR) is 121 cm³/mol. The smallest absolute Gasteiger partial charge is 0.352 e. The van der Waals surface area contributed by atoms with Crippen LogP contribution in [0.1, 0.15) is 34.4 Å². The average Bonchev–Trinajstić information content (AvgIpc) is 3.18. The van der Waals surface area contributed by atoms with Crippen LogP contribution in [0.5, 0.6) is 0 Å². The van der Waals surface area contributed by atoms with Crippen LogP contribution < -0.4 is 5.32 Å². The molecule has 3 heterocycles. The maximum Gasteiger partial charge on any atom is 0.419 e. The molecule has 1 aromatic carbocycles. The Balaban J connectivity index is 1.62. The van der Waals surface area contributed by atoms with E-state index in [0.717, 1.165) is 16.2 Å². The first kappa shape index (κ1) is 25.9. The standard InChI is InChI=1S/C23H21F6N5OS/c1-12-7-22(25,26)11-34(17(12)10-32-21-30-8-14(9-31-21)23(27,28)29)20(35)18-19(36-13(2)33-18)15-5-3-4-6-16(15)24/h3-6,8-9,12,17H,7,10-11H2,1-2H3,(H,30,31,32). The summed E-state index contributed by atoms with van der Waals surface area (Å²) in [6.45, 7) is 2.20. The Labute approximate surface area is 206 Å². The van der Waals surface area contributed by atoms with Crippen molar-refractivity contribution in [2.75, 3.05) is 18.4 Å². The number of hydrogen-bond donors (Lipinski definition) is 1. The van der Waals surface area contributed by atoms with Gasteiger partial charge in [0, 0.05) is 30.9 Å². The molecule has 13 heteroatoms. The van der Waals surface area contributed by atoms with Crippen LogP contribution in [-0.4, -0.2) is 50.8 Å². The van der Waals surface area contributed by atoms with Gasteiger partial charge in [0.25, 0.3) is 11.8 Å². The fourth-order valence-electron chi connectivity index (χ4n) is 4.18. The molecule has 0 saturated carbocycles. The number of aryl methyl sites for hydroxylation is 1. The van der Waals surface area contributed by atoms with Crippen molar-refractivity contribution < 1.29 is 31.1 Å². The SMILES string of the molecule is Cc1nc(C(=O)N2CC(F)(F)CC(C)C2CNc2ncc(C(F)(F)F)cn2)c(-c2ccccc2F)s1. The third-order valence-electron chi connectivity index (χ3n) is 5.84. The summed E-state index contributed by atoms with van der Waals surface area (Å²) in [7, 11) is 0. The molecule has 6 nitrogen and oxygen atoms in total. The van der Waals surface area contributed by atoms with Gasteiger partial charge in [0.2, 0.25) is 5.95 Å². The molecule has 0 spiro atoms. The molecule has 3 aromatic rings. The lowest BCUT2D eigenvalue weighted by atomic mass is 9.88. The number of nitrogens with one attached hydrogen (secondary N) is 1. The molecule has 0 bridgehead atoms. The number of nitrogens with zero attached hydrogens (tertiary/aromatic N) is 4. The summed E-state index contributed by atoms with van der Waals surface area (Å²) >= 11 is 1.08. The molecule has 2 unspecified atom stereocenters. The van der Waals surface area contributed by atoms with Gasteiger partial charge in [-0.2, -0.15) is 13.2 Å². The van der Waals surface area contributed by atoms with Gasteiger partial charge < -0.3 is 10.2 Å². The highest BCUT2D eigenvalue weighted by atomic mass is 32.1. The number of aromatic nitrogens is 3. The fraction of sp³-hybridized carbons (Fsp3) is 0.391. The topological polar surface area (TPSA) is 71.0 Å². The zero-order valence-electron chi connectivity index (χ0n) is 19.1. The number of benzene rings is 1. The molecule has 4 rings (SSSR count). The molecule has 36 heavy (non-hydrogen) atoms. The van der Waals surface area contributed by atoms with Gasteiger partial charge in [-0.3, -0.25) is 4.79 Å². The third-order valence-corrected chi connectivity index (χ3v) is 6.85. The molecule has 2 atom stereocenters. The second kappa shape index (κ2) is 9.68. The van der Waals surface area contributed by atoms with Gasteiger partial charge in [0.1, 0.15) is 11.5 Å². The molecular formula is C23H21F6N5OS. The van der Waals surface area contributed by atoms with Crippen molar-refractivity contribution in [3.8, 4) is 10.4 Å². The third kappa shape index (κ3) is 5.45. The van der Waals surface area contributed by atoms with Crippen molar-refractivity contribution in [1.82, 2.24) is 19.9 Å². The van der Waals surface area contributed by atoms with Gasteiger partial charge in [-0.1, -0.05) is 25.1 Å². The first-order valence-corrected chi connectivity index (χ1v) is 11.7. The summed E-state index contributed by atoms with van der Waals surface area (Å²) in [5.41, 5.74) is -1.03. The number of carbonyl (C=O) groups is 1. The van der Waals surface area contributed by atoms with E-state index in [-0.39, 0.29) is 28.6 Å². The number of halogens is 6. The molecule has 1 N–H and O–H groups in total. The summed E-state index contributed by atoms with van der Waals surface area (Å²) in [6, 6.07) is 5.01. The predicted octanol–water partition coefficient (Wildman–Crippen LogP) is 5.66. The van der Waals surface area contributed by atoms with Gasteiger partial charge in [0.15, 0.2) is 0 Å². The van der Waals surface area contributed by atoms with E-state index in [1.165, 1.54) is 18.2 Å². The number of alkyl halides is 5. The van der Waals surface area contributed by atoms with Crippen LogP contribution in [0.25, 0.3) is 10.4 Å². The highest BCUT2D eigenvalue weighted by Crippen LogP contribution is 2.38. The van der Waals surface area contributed by atoms with Crippen molar-refractivity contribution in [3.05, 3.63) is 58.7 Å². The van der Waals surface area contributed by atoms with E-state index >= 15 is 0 Å². The average molecular weight is 530 g/mol. The molecule has 0 aliphatic carbocycles. The Kier molecular flexibility index (Phi) is 6.95. The van der Waals surface area contributed by atoms with Crippen LogP contribution in [0, 0.1) is 18.7 Å². The second-order valence-corrected chi connectivity index (χ2v) is 9.81. The molecule has 2 aromatic heterocycles. The highest BCUT2D eigenvalue weighted by molar-refractivity contribution is 7.15. The van der Waals surface area contributed by atoms with E-state index in [9.17, 15) is 31.1 Å². The molecule has 1 aliphatic rings. The van der Waals surface area contributed by atoms with Gasteiger partial charge in [-0.05, 0) is 18.9 Å². The van der Waals surface area contributed by atoms with E-state index < -0.39 is 54.3 Å². The van der Waals surface area contributed by atoms with E-state index in [1.807, 2.05) is 0 Å². The minimum Gasteiger partial charge on any atom is -0.352 e. The zero-order chi connectivity index (χ0) is 26.3. The van der Waals surface area contributed by atoms with E-state index in [2.05, 4.69) is 20.3 Å². The summed E-state index contributed by atoms with van der Waals surface area (Å²) in [4.78, 5) is 26.3. The maximum absolute atomic E-state index is 14.5. The molecule has 1 amide bonds. The molecule has 0 radical (unpaired) electrons. The van der Waals surface area contributed by atoms with E-state index in [4.69, 9.17) is 0 Å². The number of carbonyl (C=O) groups excluding carboxylic acids is 1. The number of rotatable bonds is 5. The number of likely N-dealkylation sites (tertiary alicyclic amines) is 1. The largest absolute Gasteiger partial charge is 0.419 e. The molecule has 192 valence electrons. The Bertz CT molecular complexity index is 1250. The van der Waals surface area contributed by atoms with Gasteiger partial charge in [-0.15, -0.1) is 11.3 Å². The number of thiazole rings is 1. The first-order chi connectivity index (χ1) is 16.9. The fourth-order valence-corrected chi connectivity index (χ4v) is 5.11. The lowest BCUT2D eigenvalue weighted by Gasteiger charge is -2.43. The van der Waals surface area contributed by atoms with Gasteiger partial charge in [0.05, 0.1) is 28.0 Å².